The number of hydrogen-bond donors (Lipinski definition) is 1. The number of hydrogen-bond acceptors (Lipinski definition) is 5. The average molecular weight is 351 g/mol. The lowest BCUT2D eigenvalue weighted by molar-refractivity contribution is -0.146. The van der Waals surface area contributed by atoms with Gasteiger partial charge in [0.05, 0.1) is 12.9 Å². The molecular formula is C18H25NO4S. The second-order valence-electron chi connectivity index (χ2n) is 6.15. The quantitative estimate of drug-likeness (QED) is 0.604. The summed E-state index contributed by atoms with van der Waals surface area (Å²) < 4.78 is 10.1. The molecule has 0 radical (unpaired) electrons. The highest BCUT2D eigenvalue weighted by Gasteiger charge is 2.20. The van der Waals surface area contributed by atoms with Gasteiger partial charge in [-0.1, -0.05) is 6.92 Å². The van der Waals surface area contributed by atoms with Gasteiger partial charge in [-0.3, -0.25) is 9.59 Å². The highest BCUT2D eigenvalue weighted by atomic mass is 32.2. The van der Waals surface area contributed by atoms with Gasteiger partial charge in [-0.05, 0) is 55.9 Å². The van der Waals surface area contributed by atoms with Crippen molar-refractivity contribution >= 4 is 23.6 Å². The molecule has 1 aliphatic rings. The zero-order valence-electron chi connectivity index (χ0n) is 14.2. The van der Waals surface area contributed by atoms with Gasteiger partial charge < -0.3 is 14.8 Å². The van der Waals surface area contributed by atoms with Crippen molar-refractivity contribution in [2.45, 2.75) is 43.5 Å². The summed E-state index contributed by atoms with van der Waals surface area (Å²) in [5.74, 6) is 1.10. The van der Waals surface area contributed by atoms with Crippen LogP contribution < -0.4 is 10.1 Å². The molecule has 0 unspecified atom stereocenters. The molecule has 1 aromatic carbocycles. The molecule has 0 atom stereocenters. The van der Waals surface area contributed by atoms with Crippen LogP contribution in [0.1, 0.15) is 32.6 Å². The number of methoxy groups -OCH3 is 1. The van der Waals surface area contributed by atoms with E-state index in [2.05, 4.69) is 12.2 Å². The van der Waals surface area contributed by atoms with Gasteiger partial charge in [-0.2, -0.15) is 0 Å². The van der Waals surface area contributed by atoms with Gasteiger partial charge >= 0.3 is 5.97 Å². The van der Waals surface area contributed by atoms with Crippen molar-refractivity contribution in [1.29, 1.82) is 0 Å². The molecule has 2 rings (SSSR count). The van der Waals surface area contributed by atoms with Crippen LogP contribution in [0.15, 0.2) is 29.2 Å². The van der Waals surface area contributed by atoms with Crippen LogP contribution in [-0.2, 0) is 14.3 Å². The molecule has 0 heterocycles. The number of benzene rings is 1. The minimum absolute atomic E-state index is 0.181. The minimum atomic E-state index is -0.386. The first-order valence-corrected chi connectivity index (χ1v) is 9.27. The van der Waals surface area contributed by atoms with Crippen LogP contribution in [0.3, 0.4) is 0 Å². The van der Waals surface area contributed by atoms with Crippen LogP contribution in [0.5, 0.6) is 5.75 Å². The van der Waals surface area contributed by atoms with Gasteiger partial charge in [-0.25, -0.2) is 0 Å². The summed E-state index contributed by atoms with van der Waals surface area (Å²) in [6.07, 6.45) is 4.30. The molecular weight excluding hydrogens is 326 g/mol. The summed E-state index contributed by atoms with van der Waals surface area (Å²) in [6.45, 7) is 2.04. The van der Waals surface area contributed by atoms with Gasteiger partial charge in [-0.15, -0.1) is 11.8 Å². The van der Waals surface area contributed by atoms with Gasteiger partial charge in [0, 0.05) is 10.9 Å². The number of nitrogens with one attached hydrogen (secondary N) is 1. The molecule has 1 aromatic rings. The summed E-state index contributed by atoms with van der Waals surface area (Å²) in [5, 5.41) is 2.94. The number of ether oxygens (including phenoxy) is 2. The second-order valence-corrected chi connectivity index (χ2v) is 7.20. The van der Waals surface area contributed by atoms with E-state index in [9.17, 15) is 9.59 Å². The second kappa shape index (κ2) is 9.57. The van der Waals surface area contributed by atoms with Gasteiger partial charge in [0.1, 0.15) is 5.75 Å². The zero-order chi connectivity index (χ0) is 17.4. The highest BCUT2D eigenvalue weighted by molar-refractivity contribution is 8.00. The molecule has 1 fully saturated rings. The van der Waals surface area contributed by atoms with Crippen molar-refractivity contribution in [2.24, 2.45) is 5.92 Å². The molecule has 1 saturated carbocycles. The molecule has 0 aliphatic heterocycles. The number of rotatable bonds is 7. The highest BCUT2D eigenvalue weighted by Crippen LogP contribution is 2.23. The third kappa shape index (κ3) is 6.43. The maximum atomic E-state index is 11.8. The Labute approximate surface area is 147 Å². The normalized spacial score (nSPS) is 20.2. The average Bonchev–Trinajstić information content (AvgIpc) is 2.60. The van der Waals surface area contributed by atoms with E-state index in [1.807, 2.05) is 24.3 Å². The zero-order valence-corrected chi connectivity index (χ0v) is 15.1. The molecule has 0 aromatic heterocycles. The van der Waals surface area contributed by atoms with Crippen LogP contribution in [0.2, 0.25) is 0 Å². The van der Waals surface area contributed by atoms with E-state index in [1.165, 1.54) is 11.8 Å². The summed E-state index contributed by atoms with van der Waals surface area (Å²) in [5.41, 5.74) is 0. The third-order valence-electron chi connectivity index (χ3n) is 4.16. The lowest BCUT2D eigenvalue weighted by Crippen LogP contribution is -2.39. The van der Waals surface area contributed by atoms with Crippen LogP contribution in [0.4, 0.5) is 0 Å². The number of carbonyl (C=O) groups is 2. The summed E-state index contributed by atoms with van der Waals surface area (Å²) in [7, 11) is 1.61. The first kappa shape index (κ1) is 18.6. The summed E-state index contributed by atoms with van der Waals surface area (Å²) >= 11 is 1.37. The van der Waals surface area contributed by atoms with Gasteiger partial charge in [0.15, 0.2) is 6.61 Å². The Balaban J connectivity index is 1.62. The Morgan fingerprint density at radius 2 is 1.83 bits per heavy atom. The first-order valence-electron chi connectivity index (χ1n) is 8.28. The monoisotopic (exact) mass is 351 g/mol. The van der Waals surface area contributed by atoms with Gasteiger partial charge in [0.25, 0.3) is 5.91 Å². The fourth-order valence-electron chi connectivity index (χ4n) is 2.68. The van der Waals surface area contributed by atoms with E-state index in [4.69, 9.17) is 9.47 Å². The van der Waals surface area contributed by atoms with Crippen LogP contribution in [0, 0.1) is 5.92 Å². The fourth-order valence-corrected chi connectivity index (χ4v) is 3.37. The van der Waals surface area contributed by atoms with Crippen LogP contribution in [-0.4, -0.2) is 37.4 Å². The molecule has 6 heteroatoms. The fraction of sp³-hybridized carbons (Fsp3) is 0.556. The molecule has 132 valence electrons. The number of amides is 1. The maximum absolute atomic E-state index is 11.8. The first-order chi connectivity index (χ1) is 11.6. The predicted molar refractivity (Wildman–Crippen MR) is 94.2 cm³/mol. The Bertz CT molecular complexity index is 538. The van der Waals surface area contributed by atoms with Crippen LogP contribution >= 0.6 is 11.8 Å². The maximum Gasteiger partial charge on any atom is 0.316 e. The molecule has 1 N–H and O–H groups in total. The van der Waals surface area contributed by atoms with Crippen molar-refractivity contribution < 1.29 is 19.1 Å². The van der Waals surface area contributed by atoms with Crippen LogP contribution in [0.25, 0.3) is 0 Å². The molecule has 1 amide bonds. The van der Waals surface area contributed by atoms with Crippen molar-refractivity contribution in [1.82, 2.24) is 5.32 Å². The molecule has 0 spiro atoms. The topological polar surface area (TPSA) is 64.6 Å². The van der Waals surface area contributed by atoms with Crippen molar-refractivity contribution in [3.63, 3.8) is 0 Å². The summed E-state index contributed by atoms with van der Waals surface area (Å²) in [4.78, 5) is 24.5. The molecule has 1 aliphatic carbocycles. The predicted octanol–water partition coefficient (Wildman–Crippen LogP) is 3.03. The smallest absolute Gasteiger partial charge is 0.316 e. The van der Waals surface area contributed by atoms with E-state index in [0.717, 1.165) is 42.2 Å². The van der Waals surface area contributed by atoms with E-state index >= 15 is 0 Å². The number of esters is 1. The van der Waals surface area contributed by atoms with E-state index in [-0.39, 0.29) is 30.3 Å². The van der Waals surface area contributed by atoms with E-state index in [0.29, 0.717) is 0 Å². The standard InChI is InChI=1S/C18H25NO4S/c1-13-3-5-14(6-4-13)19-17(20)11-23-18(21)12-24-16-9-7-15(22-2)8-10-16/h7-10,13-14H,3-6,11-12H2,1-2H3,(H,19,20). The Morgan fingerprint density at radius 1 is 1.17 bits per heavy atom. The largest absolute Gasteiger partial charge is 0.497 e. The summed E-state index contributed by atoms with van der Waals surface area (Å²) in [6, 6.07) is 7.67. The molecule has 0 bridgehead atoms. The third-order valence-corrected chi connectivity index (χ3v) is 5.15. The van der Waals surface area contributed by atoms with Gasteiger partial charge in [0.2, 0.25) is 0 Å². The molecule has 0 saturated heterocycles. The van der Waals surface area contributed by atoms with E-state index in [1.54, 1.807) is 7.11 Å². The molecule has 24 heavy (non-hydrogen) atoms. The lowest BCUT2D eigenvalue weighted by atomic mass is 9.87. The Hall–Kier alpha value is -1.69. The van der Waals surface area contributed by atoms with E-state index < -0.39 is 0 Å². The number of thioether (sulfide) groups is 1. The SMILES string of the molecule is COc1ccc(SCC(=O)OCC(=O)NC2CCC(C)CC2)cc1. The van der Waals surface area contributed by atoms with Crippen molar-refractivity contribution in [3.8, 4) is 5.75 Å². The van der Waals surface area contributed by atoms with Crippen molar-refractivity contribution in [2.75, 3.05) is 19.5 Å². The lowest BCUT2D eigenvalue weighted by Gasteiger charge is -2.26. The Kier molecular flexibility index (Phi) is 7.43. The number of carbonyl (C=O) groups excluding carboxylic acids is 2. The Morgan fingerprint density at radius 3 is 2.46 bits per heavy atom. The molecule has 5 nitrogen and oxygen atoms in total. The minimum Gasteiger partial charge on any atom is -0.497 e. The van der Waals surface area contributed by atoms with Crippen molar-refractivity contribution in [3.05, 3.63) is 24.3 Å².